The van der Waals surface area contributed by atoms with E-state index >= 15 is 0 Å². The van der Waals surface area contributed by atoms with E-state index in [-0.39, 0.29) is 0 Å². The van der Waals surface area contributed by atoms with E-state index in [0.29, 0.717) is 6.04 Å². The number of hydrogen-bond donors (Lipinski definition) is 0. The van der Waals surface area contributed by atoms with Crippen molar-refractivity contribution in [1.82, 2.24) is 0 Å². The molecule has 0 amide bonds. The number of unbranched alkanes of at least 4 members (excludes halogenated alkanes) is 1. The van der Waals surface area contributed by atoms with Gasteiger partial charge in [-0.1, -0.05) is 25.5 Å². The second-order valence-electron chi connectivity index (χ2n) is 3.54. The minimum absolute atomic E-state index is 0.585. The first kappa shape index (κ1) is 7.08. The summed E-state index contributed by atoms with van der Waals surface area (Å²) >= 11 is 0. The molecule has 1 heteroatoms. The van der Waals surface area contributed by atoms with Crippen LogP contribution in [0.25, 0.3) is 0 Å². The number of fused-ring (bicyclic) bond motifs is 1. The maximum absolute atomic E-state index is 4.62. The van der Waals surface area contributed by atoms with Crippen molar-refractivity contribution in [1.29, 1.82) is 0 Å². The van der Waals surface area contributed by atoms with Crippen LogP contribution >= 0.6 is 0 Å². The van der Waals surface area contributed by atoms with Crippen LogP contribution in [0.1, 0.15) is 32.6 Å². The van der Waals surface area contributed by atoms with Gasteiger partial charge in [-0.3, -0.25) is 4.99 Å². The maximum Gasteiger partial charge on any atom is 0.0745 e. The fourth-order valence-electron chi connectivity index (χ4n) is 1.78. The van der Waals surface area contributed by atoms with E-state index < -0.39 is 0 Å². The Hall–Kier alpha value is -0.590. The first-order valence-corrected chi connectivity index (χ1v) is 4.64. The standard InChI is InChI=1S/C10H15N/c1-2-3-4-9-7-8-5-6-10(8)11-9/h5-6,8,10H,2-4,7H2,1H3/t8-,10-/m1/s1. The van der Waals surface area contributed by atoms with Gasteiger partial charge in [-0.05, 0) is 19.3 Å². The molecule has 0 aromatic heterocycles. The number of aliphatic imine (C=N–C) groups is 1. The summed E-state index contributed by atoms with van der Waals surface area (Å²) in [6.45, 7) is 2.24. The zero-order valence-corrected chi connectivity index (χ0v) is 7.09. The fourth-order valence-corrected chi connectivity index (χ4v) is 1.78. The van der Waals surface area contributed by atoms with Gasteiger partial charge in [0.1, 0.15) is 0 Å². The molecule has 2 rings (SSSR count). The van der Waals surface area contributed by atoms with E-state index in [1.54, 1.807) is 0 Å². The summed E-state index contributed by atoms with van der Waals surface area (Å²) in [6.07, 6.45) is 9.63. The third kappa shape index (κ3) is 1.24. The Morgan fingerprint density at radius 3 is 2.91 bits per heavy atom. The van der Waals surface area contributed by atoms with Crippen LogP contribution in [0.2, 0.25) is 0 Å². The van der Waals surface area contributed by atoms with Crippen LogP contribution in [0.3, 0.4) is 0 Å². The van der Waals surface area contributed by atoms with Gasteiger partial charge in [0.05, 0.1) is 6.04 Å². The molecule has 1 heterocycles. The van der Waals surface area contributed by atoms with Gasteiger partial charge in [-0.25, -0.2) is 0 Å². The Labute approximate surface area is 68.2 Å². The molecule has 0 fully saturated rings. The van der Waals surface area contributed by atoms with Gasteiger partial charge in [-0.15, -0.1) is 0 Å². The lowest BCUT2D eigenvalue weighted by molar-refractivity contribution is 0.585. The summed E-state index contributed by atoms with van der Waals surface area (Å²) in [5, 5.41) is 0. The molecule has 0 radical (unpaired) electrons. The Kier molecular flexibility index (Phi) is 1.80. The quantitative estimate of drug-likeness (QED) is 0.547. The van der Waals surface area contributed by atoms with Crippen LogP contribution < -0.4 is 0 Å². The molecule has 0 unspecified atom stereocenters. The van der Waals surface area contributed by atoms with Crippen molar-refractivity contribution >= 4 is 5.71 Å². The van der Waals surface area contributed by atoms with Crippen molar-refractivity contribution in [3.63, 3.8) is 0 Å². The molecule has 0 saturated carbocycles. The normalized spacial score (nSPS) is 33.0. The smallest absolute Gasteiger partial charge is 0.0745 e. The van der Waals surface area contributed by atoms with Crippen LogP contribution in [0, 0.1) is 5.92 Å². The van der Waals surface area contributed by atoms with Crippen molar-refractivity contribution in [3.8, 4) is 0 Å². The van der Waals surface area contributed by atoms with Crippen LogP contribution in [0.5, 0.6) is 0 Å². The van der Waals surface area contributed by atoms with Gasteiger partial charge >= 0.3 is 0 Å². The topological polar surface area (TPSA) is 12.4 Å². The highest BCUT2D eigenvalue weighted by Crippen LogP contribution is 2.32. The second-order valence-corrected chi connectivity index (χ2v) is 3.54. The number of rotatable bonds is 3. The molecule has 0 bridgehead atoms. The molecule has 1 aliphatic carbocycles. The molecule has 11 heavy (non-hydrogen) atoms. The van der Waals surface area contributed by atoms with Crippen molar-refractivity contribution in [3.05, 3.63) is 12.2 Å². The first-order valence-electron chi connectivity index (χ1n) is 4.64. The van der Waals surface area contributed by atoms with E-state index in [1.165, 1.54) is 31.4 Å². The highest BCUT2D eigenvalue weighted by Gasteiger charge is 2.30. The lowest BCUT2D eigenvalue weighted by Crippen LogP contribution is -2.16. The summed E-state index contributed by atoms with van der Waals surface area (Å²) in [5.41, 5.74) is 1.46. The molecular weight excluding hydrogens is 134 g/mol. The summed E-state index contributed by atoms with van der Waals surface area (Å²) < 4.78 is 0. The van der Waals surface area contributed by atoms with E-state index in [0.717, 1.165) is 5.92 Å². The summed E-state index contributed by atoms with van der Waals surface area (Å²) in [4.78, 5) is 4.62. The molecule has 1 nitrogen and oxygen atoms in total. The molecule has 60 valence electrons. The Morgan fingerprint density at radius 2 is 2.45 bits per heavy atom. The molecule has 0 saturated heterocycles. The molecule has 0 spiro atoms. The predicted octanol–water partition coefficient (Wildman–Crippen LogP) is 2.58. The SMILES string of the molecule is CCCCC1=N[C@@H]2C=C[C@@H]2C1. The molecule has 0 aromatic rings. The highest BCUT2D eigenvalue weighted by atomic mass is 14.9. The second kappa shape index (κ2) is 2.80. The van der Waals surface area contributed by atoms with Crippen LogP contribution in [0.4, 0.5) is 0 Å². The van der Waals surface area contributed by atoms with Crippen LogP contribution in [-0.2, 0) is 0 Å². The fraction of sp³-hybridized carbons (Fsp3) is 0.700. The van der Waals surface area contributed by atoms with E-state index in [4.69, 9.17) is 0 Å². The summed E-state index contributed by atoms with van der Waals surface area (Å²) in [6, 6.07) is 0.585. The number of hydrogen-bond acceptors (Lipinski definition) is 1. The van der Waals surface area contributed by atoms with E-state index in [9.17, 15) is 0 Å². The number of nitrogens with zero attached hydrogens (tertiary/aromatic N) is 1. The molecule has 0 aromatic carbocycles. The Balaban J connectivity index is 1.84. The third-order valence-electron chi connectivity index (χ3n) is 2.62. The average Bonchev–Trinajstić information content (AvgIpc) is 2.25. The van der Waals surface area contributed by atoms with E-state index in [2.05, 4.69) is 24.1 Å². The largest absolute Gasteiger partial charge is 0.286 e. The van der Waals surface area contributed by atoms with Crippen molar-refractivity contribution < 1.29 is 0 Å². The zero-order chi connectivity index (χ0) is 7.68. The van der Waals surface area contributed by atoms with Gasteiger partial charge in [0.25, 0.3) is 0 Å². The predicted molar refractivity (Wildman–Crippen MR) is 48.0 cm³/mol. The van der Waals surface area contributed by atoms with Crippen molar-refractivity contribution in [2.45, 2.75) is 38.6 Å². The zero-order valence-electron chi connectivity index (χ0n) is 7.09. The molecular formula is C10H15N. The summed E-state index contributed by atoms with van der Waals surface area (Å²) in [5.74, 6) is 0.793. The molecule has 2 atom stereocenters. The average molecular weight is 149 g/mol. The van der Waals surface area contributed by atoms with Crippen molar-refractivity contribution in [2.75, 3.05) is 0 Å². The van der Waals surface area contributed by atoms with Gasteiger partial charge < -0.3 is 0 Å². The minimum Gasteiger partial charge on any atom is -0.286 e. The third-order valence-corrected chi connectivity index (χ3v) is 2.62. The first-order chi connectivity index (χ1) is 5.40. The Bertz CT molecular complexity index is 203. The lowest BCUT2D eigenvalue weighted by atomic mass is 9.88. The van der Waals surface area contributed by atoms with Gasteiger partial charge in [0, 0.05) is 11.6 Å². The van der Waals surface area contributed by atoms with Crippen LogP contribution in [-0.4, -0.2) is 11.8 Å². The maximum atomic E-state index is 4.62. The van der Waals surface area contributed by atoms with Gasteiger partial charge in [-0.2, -0.15) is 0 Å². The minimum atomic E-state index is 0.585. The molecule has 0 N–H and O–H groups in total. The molecule has 2 aliphatic rings. The molecule has 1 aliphatic heterocycles. The summed E-state index contributed by atoms with van der Waals surface area (Å²) in [7, 11) is 0. The van der Waals surface area contributed by atoms with E-state index in [1.807, 2.05) is 0 Å². The van der Waals surface area contributed by atoms with Gasteiger partial charge in [0.15, 0.2) is 0 Å². The van der Waals surface area contributed by atoms with Gasteiger partial charge in [0.2, 0.25) is 0 Å². The monoisotopic (exact) mass is 149 g/mol. The van der Waals surface area contributed by atoms with Crippen molar-refractivity contribution in [2.24, 2.45) is 10.9 Å². The Morgan fingerprint density at radius 1 is 1.55 bits per heavy atom. The highest BCUT2D eigenvalue weighted by molar-refractivity contribution is 5.87. The lowest BCUT2D eigenvalue weighted by Gasteiger charge is -2.17. The van der Waals surface area contributed by atoms with Crippen LogP contribution in [0.15, 0.2) is 17.1 Å².